The van der Waals surface area contributed by atoms with E-state index in [1.165, 1.54) is 25.7 Å². The molecule has 1 aromatic carbocycles. The van der Waals surface area contributed by atoms with Crippen LogP contribution in [0.15, 0.2) is 24.3 Å². The van der Waals surface area contributed by atoms with Crippen LogP contribution in [0.2, 0.25) is 0 Å². The number of benzene rings is 1. The summed E-state index contributed by atoms with van der Waals surface area (Å²) in [6, 6.07) is 8.57. The largest absolute Gasteiger partial charge is 0.303 e. The van der Waals surface area contributed by atoms with E-state index in [9.17, 15) is 4.79 Å². The molecule has 0 amide bonds. The number of aryl methyl sites for hydroxylation is 1. The predicted octanol–water partition coefficient (Wildman–Crippen LogP) is 4.08. The molecule has 0 aromatic heterocycles. The van der Waals surface area contributed by atoms with Gasteiger partial charge in [0.2, 0.25) is 0 Å². The molecule has 0 atom stereocenters. The lowest BCUT2D eigenvalue weighted by Gasteiger charge is -2.33. The molecule has 2 nitrogen and oxygen atoms in total. The number of hydrogen-bond donors (Lipinski definition) is 0. The summed E-state index contributed by atoms with van der Waals surface area (Å²) in [6.45, 7) is 5.24. The highest BCUT2D eigenvalue weighted by Crippen LogP contribution is 2.26. The number of Topliss-reactive ketones (excluding diaryl/α,β-unsaturated/α-hetero) is 1. The van der Waals surface area contributed by atoms with Crippen molar-refractivity contribution in [3.63, 3.8) is 0 Å². The number of nitrogens with zero attached hydrogens (tertiary/aromatic N) is 1. The van der Waals surface area contributed by atoms with Crippen molar-refractivity contribution in [3.8, 4) is 0 Å². The SMILES string of the molecule is Cc1ccccc1C(=O)CCN(C)C1CCC(C)CC1. The second-order valence-electron chi connectivity index (χ2n) is 6.38. The first-order valence-corrected chi connectivity index (χ1v) is 7.87. The number of carbonyl (C=O) groups excluding carboxylic acids is 1. The van der Waals surface area contributed by atoms with Crippen molar-refractivity contribution in [1.29, 1.82) is 0 Å². The zero-order valence-corrected chi connectivity index (χ0v) is 13.1. The van der Waals surface area contributed by atoms with Gasteiger partial charge in [0, 0.05) is 24.6 Å². The minimum Gasteiger partial charge on any atom is -0.303 e. The van der Waals surface area contributed by atoms with Crippen molar-refractivity contribution in [2.24, 2.45) is 5.92 Å². The van der Waals surface area contributed by atoms with Crippen molar-refractivity contribution in [2.45, 2.75) is 52.0 Å². The first-order chi connectivity index (χ1) is 9.58. The smallest absolute Gasteiger partial charge is 0.164 e. The van der Waals surface area contributed by atoms with E-state index in [-0.39, 0.29) is 5.78 Å². The Morgan fingerprint density at radius 1 is 1.20 bits per heavy atom. The monoisotopic (exact) mass is 273 g/mol. The molecule has 2 rings (SSSR count). The second-order valence-corrected chi connectivity index (χ2v) is 6.38. The van der Waals surface area contributed by atoms with Gasteiger partial charge in [-0.25, -0.2) is 0 Å². The van der Waals surface area contributed by atoms with Gasteiger partial charge in [-0.1, -0.05) is 31.2 Å². The summed E-state index contributed by atoms with van der Waals surface area (Å²) in [5, 5.41) is 0. The van der Waals surface area contributed by atoms with Gasteiger partial charge in [0.1, 0.15) is 0 Å². The summed E-state index contributed by atoms with van der Waals surface area (Å²) < 4.78 is 0. The third kappa shape index (κ3) is 3.92. The van der Waals surface area contributed by atoms with Crippen LogP contribution in [0.5, 0.6) is 0 Å². The zero-order valence-electron chi connectivity index (χ0n) is 13.1. The number of carbonyl (C=O) groups is 1. The van der Waals surface area contributed by atoms with E-state index in [2.05, 4.69) is 18.9 Å². The summed E-state index contributed by atoms with van der Waals surface area (Å²) in [4.78, 5) is 14.7. The molecular weight excluding hydrogens is 246 g/mol. The average Bonchev–Trinajstić information content (AvgIpc) is 2.45. The molecule has 1 aromatic rings. The Labute approximate surface area is 123 Å². The standard InChI is InChI=1S/C18H27NO/c1-14-8-10-16(11-9-14)19(3)13-12-18(20)17-7-5-4-6-15(17)2/h4-7,14,16H,8-13H2,1-3H3. The van der Waals surface area contributed by atoms with E-state index in [1.807, 2.05) is 31.2 Å². The van der Waals surface area contributed by atoms with E-state index in [0.29, 0.717) is 12.5 Å². The summed E-state index contributed by atoms with van der Waals surface area (Å²) in [6.07, 6.45) is 5.88. The topological polar surface area (TPSA) is 20.3 Å². The third-order valence-electron chi connectivity index (χ3n) is 4.75. The van der Waals surface area contributed by atoms with Crippen LogP contribution in [0, 0.1) is 12.8 Å². The van der Waals surface area contributed by atoms with Crippen LogP contribution >= 0.6 is 0 Å². The average molecular weight is 273 g/mol. The molecule has 0 bridgehead atoms. The van der Waals surface area contributed by atoms with Gasteiger partial charge >= 0.3 is 0 Å². The Hall–Kier alpha value is -1.15. The summed E-state index contributed by atoms with van der Waals surface area (Å²) in [5.74, 6) is 1.16. The lowest BCUT2D eigenvalue weighted by atomic mass is 9.86. The number of ketones is 1. The molecule has 0 spiro atoms. The molecule has 1 fully saturated rings. The molecule has 20 heavy (non-hydrogen) atoms. The lowest BCUT2D eigenvalue weighted by Crippen LogP contribution is -2.36. The molecule has 1 aliphatic rings. The molecule has 110 valence electrons. The summed E-state index contributed by atoms with van der Waals surface area (Å²) in [7, 11) is 2.17. The fraction of sp³-hybridized carbons (Fsp3) is 0.611. The van der Waals surface area contributed by atoms with Gasteiger partial charge < -0.3 is 4.90 Å². The molecule has 0 saturated heterocycles. The van der Waals surface area contributed by atoms with Crippen LogP contribution < -0.4 is 0 Å². The van der Waals surface area contributed by atoms with E-state index in [1.54, 1.807) is 0 Å². The van der Waals surface area contributed by atoms with E-state index in [0.717, 1.165) is 23.6 Å². The molecule has 2 heteroatoms. The predicted molar refractivity (Wildman–Crippen MR) is 84.2 cm³/mol. The van der Waals surface area contributed by atoms with Gasteiger partial charge in [-0.15, -0.1) is 0 Å². The Bertz CT molecular complexity index is 446. The van der Waals surface area contributed by atoms with Gasteiger partial charge in [-0.2, -0.15) is 0 Å². The van der Waals surface area contributed by atoms with Crippen LogP contribution in [0.1, 0.15) is 54.9 Å². The normalized spacial score (nSPS) is 23.0. The molecule has 1 saturated carbocycles. The molecule has 0 radical (unpaired) electrons. The van der Waals surface area contributed by atoms with Gasteiger partial charge in [0.25, 0.3) is 0 Å². The van der Waals surface area contributed by atoms with Crippen molar-refractivity contribution in [1.82, 2.24) is 4.90 Å². The van der Waals surface area contributed by atoms with E-state index >= 15 is 0 Å². The van der Waals surface area contributed by atoms with Crippen molar-refractivity contribution < 1.29 is 4.79 Å². The van der Waals surface area contributed by atoms with Crippen molar-refractivity contribution in [2.75, 3.05) is 13.6 Å². The molecular formula is C18H27NO. The van der Waals surface area contributed by atoms with E-state index in [4.69, 9.17) is 0 Å². The van der Waals surface area contributed by atoms with Crippen molar-refractivity contribution >= 4 is 5.78 Å². The fourth-order valence-electron chi connectivity index (χ4n) is 3.16. The number of rotatable bonds is 5. The van der Waals surface area contributed by atoms with Gasteiger partial charge in [-0.3, -0.25) is 4.79 Å². The van der Waals surface area contributed by atoms with Crippen LogP contribution in [0.3, 0.4) is 0 Å². The van der Waals surface area contributed by atoms with Gasteiger partial charge in [0.05, 0.1) is 0 Å². The highest BCUT2D eigenvalue weighted by atomic mass is 16.1. The molecule has 0 N–H and O–H groups in total. The quantitative estimate of drug-likeness (QED) is 0.753. The van der Waals surface area contributed by atoms with Crippen LogP contribution in [-0.2, 0) is 0 Å². The Kier molecular flexibility index (Phi) is 5.36. The third-order valence-corrected chi connectivity index (χ3v) is 4.75. The Morgan fingerprint density at radius 2 is 1.85 bits per heavy atom. The first kappa shape index (κ1) is 15.2. The summed E-state index contributed by atoms with van der Waals surface area (Å²) >= 11 is 0. The Morgan fingerprint density at radius 3 is 2.50 bits per heavy atom. The fourth-order valence-corrected chi connectivity index (χ4v) is 3.16. The minimum absolute atomic E-state index is 0.277. The molecule has 0 aliphatic heterocycles. The van der Waals surface area contributed by atoms with Crippen LogP contribution in [0.25, 0.3) is 0 Å². The van der Waals surface area contributed by atoms with Crippen LogP contribution in [0.4, 0.5) is 0 Å². The molecule has 0 heterocycles. The lowest BCUT2D eigenvalue weighted by molar-refractivity contribution is 0.0947. The maximum atomic E-state index is 12.3. The first-order valence-electron chi connectivity index (χ1n) is 7.87. The minimum atomic E-state index is 0.277. The maximum Gasteiger partial charge on any atom is 0.164 e. The van der Waals surface area contributed by atoms with Gasteiger partial charge in [0.15, 0.2) is 5.78 Å². The Balaban J connectivity index is 1.83. The van der Waals surface area contributed by atoms with E-state index < -0.39 is 0 Å². The highest BCUT2D eigenvalue weighted by molar-refractivity contribution is 5.97. The zero-order chi connectivity index (χ0) is 14.5. The molecule has 0 unspecified atom stereocenters. The summed E-state index contributed by atoms with van der Waals surface area (Å²) in [5.41, 5.74) is 1.98. The van der Waals surface area contributed by atoms with Gasteiger partial charge in [-0.05, 0) is 51.1 Å². The highest BCUT2D eigenvalue weighted by Gasteiger charge is 2.22. The van der Waals surface area contributed by atoms with Crippen molar-refractivity contribution in [3.05, 3.63) is 35.4 Å². The molecule has 1 aliphatic carbocycles. The number of hydrogen-bond acceptors (Lipinski definition) is 2. The second kappa shape index (κ2) is 7.03. The maximum absolute atomic E-state index is 12.3. The van der Waals surface area contributed by atoms with Crippen LogP contribution in [-0.4, -0.2) is 30.3 Å².